The lowest BCUT2D eigenvalue weighted by Gasteiger charge is -2.21. The van der Waals surface area contributed by atoms with Crippen molar-refractivity contribution in [2.24, 2.45) is 0 Å². The zero-order valence-corrected chi connectivity index (χ0v) is 36.1. The second-order valence-corrected chi connectivity index (χ2v) is 17.9. The Morgan fingerprint density at radius 2 is 0.970 bits per heavy atom. The van der Waals surface area contributed by atoms with E-state index in [0.717, 1.165) is 82.9 Å². The smallest absolute Gasteiger partial charge is 0.167 e. The molecule has 1 aliphatic rings. The summed E-state index contributed by atoms with van der Waals surface area (Å²) in [6, 6.07) is 68.3. The molecule has 0 radical (unpaired) electrons. The second kappa shape index (κ2) is 13.7. The minimum absolute atomic E-state index is 0.131. The number of nitrogens with zero attached hydrogens (tertiary/aromatic N) is 4. The van der Waals surface area contributed by atoms with Crippen molar-refractivity contribution in [2.45, 2.75) is 19.3 Å². The first kappa shape index (κ1) is 36.8. The molecule has 0 saturated carbocycles. The molecule has 4 aromatic heterocycles. The number of benzene rings is 9. The first-order valence-corrected chi connectivity index (χ1v) is 22.4. The number of furan rings is 2. The molecule has 14 rings (SSSR count). The lowest BCUT2D eigenvalue weighted by molar-refractivity contribution is 0.661. The van der Waals surface area contributed by atoms with Crippen LogP contribution in [0, 0.1) is 0 Å². The van der Waals surface area contributed by atoms with Crippen LogP contribution in [0.3, 0.4) is 0 Å². The van der Waals surface area contributed by atoms with Crippen molar-refractivity contribution in [3.8, 4) is 62.1 Å². The van der Waals surface area contributed by atoms with E-state index < -0.39 is 0 Å². The average Bonchev–Trinajstić information content (AvgIpc) is 4.10. The monoisotopic (exact) mass is 846 g/mol. The molecular weight excluding hydrogens is 809 g/mol. The number of para-hydroxylation sites is 5. The van der Waals surface area contributed by atoms with Gasteiger partial charge in [-0.2, -0.15) is 0 Å². The molecule has 0 bridgehead atoms. The van der Waals surface area contributed by atoms with Crippen LogP contribution in [0.15, 0.2) is 203 Å². The Morgan fingerprint density at radius 1 is 0.379 bits per heavy atom. The molecule has 6 heteroatoms. The summed E-state index contributed by atoms with van der Waals surface area (Å²) in [4.78, 5) is 15.3. The Labute approximate surface area is 379 Å². The Bertz CT molecular complexity index is 4140. The van der Waals surface area contributed by atoms with Gasteiger partial charge in [-0.05, 0) is 70.8 Å². The lowest BCUT2D eigenvalue weighted by atomic mass is 9.82. The van der Waals surface area contributed by atoms with Gasteiger partial charge in [0.25, 0.3) is 0 Å². The molecular formula is C60H38N4O2. The van der Waals surface area contributed by atoms with Gasteiger partial charge in [0.2, 0.25) is 0 Å². The summed E-state index contributed by atoms with van der Waals surface area (Å²) in [5.41, 5.74) is 16.5. The standard InChI is InChI=1S/C60H38N4O2/c1-60(2)49-28-11-9-20-38(49)47-33-48-42-23-13-22-41(54(42)64(51(48)34-50(47)60)37-18-7-4-8-19-37)45-26-14-24-44-40-31-30-36(32-53(40)66-55(44)45)58-61-57(35-16-5-3-6-17-35)62-59(63-58)46-27-15-25-43-39-21-10-12-29-52(39)65-56(43)46/h3-34H,1-2H3. The minimum atomic E-state index is -0.131. The Morgan fingerprint density at radius 3 is 1.79 bits per heavy atom. The molecule has 0 spiro atoms. The Balaban J connectivity index is 0.965. The fourth-order valence-electron chi connectivity index (χ4n) is 10.7. The van der Waals surface area contributed by atoms with E-state index in [2.05, 4.69) is 152 Å². The molecule has 310 valence electrons. The van der Waals surface area contributed by atoms with E-state index in [1.807, 2.05) is 60.7 Å². The lowest BCUT2D eigenvalue weighted by Crippen LogP contribution is -2.14. The van der Waals surface area contributed by atoms with Crippen molar-refractivity contribution < 1.29 is 8.83 Å². The summed E-state index contributed by atoms with van der Waals surface area (Å²) in [7, 11) is 0. The van der Waals surface area contributed by atoms with Crippen molar-refractivity contribution in [1.82, 2.24) is 19.5 Å². The fourth-order valence-corrected chi connectivity index (χ4v) is 10.7. The number of hydrogen-bond acceptors (Lipinski definition) is 5. The molecule has 0 saturated heterocycles. The van der Waals surface area contributed by atoms with Crippen LogP contribution in [-0.2, 0) is 5.41 Å². The number of hydrogen-bond donors (Lipinski definition) is 0. The Kier molecular flexibility index (Phi) is 7.64. The van der Waals surface area contributed by atoms with Gasteiger partial charge in [-0.15, -0.1) is 0 Å². The van der Waals surface area contributed by atoms with Crippen molar-refractivity contribution in [1.29, 1.82) is 0 Å². The third kappa shape index (κ3) is 5.27. The van der Waals surface area contributed by atoms with Crippen molar-refractivity contribution in [3.63, 3.8) is 0 Å². The van der Waals surface area contributed by atoms with E-state index in [1.165, 1.54) is 38.5 Å². The number of fused-ring (bicyclic) bond motifs is 12. The predicted octanol–water partition coefficient (Wildman–Crippen LogP) is 15.7. The summed E-state index contributed by atoms with van der Waals surface area (Å²) >= 11 is 0. The highest BCUT2D eigenvalue weighted by atomic mass is 16.3. The molecule has 0 amide bonds. The molecule has 4 heterocycles. The molecule has 0 atom stereocenters. The van der Waals surface area contributed by atoms with Gasteiger partial charge < -0.3 is 13.4 Å². The number of aromatic nitrogens is 4. The maximum Gasteiger partial charge on any atom is 0.167 e. The van der Waals surface area contributed by atoms with Gasteiger partial charge in [-0.3, -0.25) is 0 Å². The van der Waals surface area contributed by atoms with E-state index in [-0.39, 0.29) is 5.41 Å². The highest BCUT2D eigenvalue weighted by molar-refractivity contribution is 6.18. The zero-order valence-electron chi connectivity index (χ0n) is 36.1. The van der Waals surface area contributed by atoms with Crippen LogP contribution >= 0.6 is 0 Å². The van der Waals surface area contributed by atoms with E-state index in [1.54, 1.807) is 0 Å². The molecule has 6 nitrogen and oxygen atoms in total. The van der Waals surface area contributed by atoms with Gasteiger partial charge in [-0.25, -0.2) is 15.0 Å². The SMILES string of the molecule is CC1(C)c2ccccc2-c2cc3c4cccc(-c5cccc6c5oc5cc(-c7nc(-c8ccccc8)nc(-c8cccc9c8oc8ccccc89)n7)ccc56)c4n(-c4ccccc4)c3cc21. The molecule has 1 aliphatic carbocycles. The summed E-state index contributed by atoms with van der Waals surface area (Å²) in [6.07, 6.45) is 0. The second-order valence-electron chi connectivity index (χ2n) is 17.9. The summed E-state index contributed by atoms with van der Waals surface area (Å²) in [6.45, 7) is 4.70. The van der Waals surface area contributed by atoms with Gasteiger partial charge in [0, 0.05) is 65.7 Å². The minimum Gasteiger partial charge on any atom is -0.455 e. The third-order valence-corrected chi connectivity index (χ3v) is 13.9. The zero-order chi connectivity index (χ0) is 43.7. The van der Waals surface area contributed by atoms with Crippen LogP contribution in [0.1, 0.15) is 25.0 Å². The van der Waals surface area contributed by atoms with Crippen molar-refractivity contribution >= 4 is 65.7 Å². The largest absolute Gasteiger partial charge is 0.455 e. The van der Waals surface area contributed by atoms with Crippen LogP contribution in [0.4, 0.5) is 0 Å². The van der Waals surface area contributed by atoms with Gasteiger partial charge in [0.05, 0.1) is 16.6 Å². The molecule has 13 aromatic rings. The predicted molar refractivity (Wildman–Crippen MR) is 268 cm³/mol. The normalized spacial score (nSPS) is 13.1. The van der Waals surface area contributed by atoms with E-state index >= 15 is 0 Å². The van der Waals surface area contributed by atoms with E-state index in [0.29, 0.717) is 17.5 Å². The molecule has 9 aromatic carbocycles. The first-order chi connectivity index (χ1) is 32.5. The molecule has 0 aliphatic heterocycles. The van der Waals surface area contributed by atoms with Crippen LogP contribution in [0.5, 0.6) is 0 Å². The van der Waals surface area contributed by atoms with Crippen molar-refractivity contribution in [2.75, 3.05) is 0 Å². The van der Waals surface area contributed by atoms with Gasteiger partial charge in [-0.1, -0.05) is 159 Å². The summed E-state index contributed by atoms with van der Waals surface area (Å²) < 4.78 is 15.9. The van der Waals surface area contributed by atoms with Crippen molar-refractivity contribution in [3.05, 3.63) is 205 Å². The molecule has 66 heavy (non-hydrogen) atoms. The maximum absolute atomic E-state index is 7.03. The quantitative estimate of drug-likeness (QED) is 0.173. The maximum atomic E-state index is 7.03. The summed E-state index contributed by atoms with van der Waals surface area (Å²) in [5, 5.41) is 6.57. The first-order valence-electron chi connectivity index (χ1n) is 22.4. The van der Waals surface area contributed by atoms with Crippen LogP contribution < -0.4 is 0 Å². The third-order valence-electron chi connectivity index (χ3n) is 13.9. The van der Waals surface area contributed by atoms with Crippen LogP contribution in [-0.4, -0.2) is 19.5 Å². The number of rotatable bonds is 5. The van der Waals surface area contributed by atoms with E-state index in [9.17, 15) is 0 Å². The summed E-state index contributed by atoms with van der Waals surface area (Å²) in [5.74, 6) is 1.66. The van der Waals surface area contributed by atoms with E-state index in [4.69, 9.17) is 23.8 Å². The highest BCUT2D eigenvalue weighted by Crippen LogP contribution is 2.52. The van der Waals surface area contributed by atoms with Gasteiger partial charge in [0.1, 0.15) is 22.3 Å². The Hall–Kier alpha value is -8.61. The molecule has 0 N–H and O–H groups in total. The van der Waals surface area contributed by atoms with Crippen LogP contribution in [0.25, 0.3) is 128 Å². The average molecular weight is 847 g/mol. The molecule has 0 unspecified atom stereocenters. The molecule has 0 fully saturated rings. The topological polar surface area (TPSA) is 69.9 Å². The fraction of sp³-hybridized carbons (Fsp3) is 0.0500. The van der Waals surface area contributed by atoms with Crippen LogP contribution in [0.2, 0.25) is 0 Å². The van der Waals surface area contributed by atoms with Gasteiger partial charge in [0.15, 0.2) is 17.5 Å². The highest BCUT2D eigenvalue weighted by Gasteiger charge is 2.36. The van der Waals surface area contributed by atoms with Gasteiger partial charge >= 0.3 is 0 Å².